The van der Waals surface area contributed by atoms with Crippen molar-refractivity contribution < 1.29 is 19.1 Å². The number of rotatable bonds is 5. The third-order valence-electron chi connectivity index (χ3n) is 5.58. The van der Waals surface area contributed by atoms with E-state index in [-0.39, 0.29) is 18.7 Å². The van der Waals surface area contributed by atoms with Gasteiger partial charge in [-0.2, -0.15) is 0 Å². The lowest BCUT2D eigenvalue weighted by molar-refractivity contribution is -0.136. The van der Waals surface area contributed by atoms with Crippen LogP contribution in [0.4, 0.5) is 10.1 Å². The first-order valence-electron chi connectivity index (χ1n) is 9.78. The van der Waals surface area contributed by atoms with Gasteiger partial charge in [0.05, 0.1) is 18.7 Å². The molecule has 0 spiro atoms. The van der Waals surface area contributed by atoms with Crippen LogP contribution in [-0.2, 0) is 16.9 Å². The van der Waals surface area contributed by atoms with Crippen molar-refractivity contribution in [2.45, 2.75) is 32.4 Å². The van der Waals surface area contributed by atoms with E-state index in [2.05, 4.69) is 0 Å². The normalized spacial score (nSPS) is 17.9. The number of nitrogens with zero attached hydrogens (tertiary/aromatic N) is 1. The van der Waals surface area contributed by atoms with Gasteiger partial charge in [0.15, 0.2) is 11.4 Å². The number of aliphatic hydroxyl groups is 1. The summed E-state index contributed by atoms with van der Waals surface area (Å²) in [5, 5.41) is 11.4. The Hall–Kier alpha value is -3.31. The van der Waals surface area contributed by atoms with Crippen molar-refractivity contribution in [3.63, 3.8) is 0 Å². The fourth-order valence-electron chi connectivity index (χ4n) is 4.02. The molecule has 0 bridgehead atoms. The number of carbonyl (C=O) groups excluding carboxylic acids is 2. The first-order chi connectivity index (χ1) is 14.3. The zero-order valence-electron chi connectivity index (χ0n) is 16.9. The van der Waals surface area contributed by atoms with Gasteiger partial charge in [0.25, 0.3) is 5.91 Å². The minimum atomic E-state index is -1.96. The number of hydrogen-bond acceptors (Lipinski definition) is 3. The Balaban J connectivity index is 1.70. The van der Waals surface area contributed by atoms with Crippen LogP contribution >= 0.6 is 0 Å². The maximum Gasteiger partial charge on any atom is 0.264 e. The van der Waals surface area contributed by atoms with Crippen LogP contribution in [0.15, 0.2) is 66.7 Å². The zero-order chi connectivity index (χ0) is 21.5. The van der Waals surface area contributed by atoms with Crippen LogP contribution in [0.1, 0.15) is 39.0 Å². The van der Waals surface area contributed by atoms with E-state index in [1.807, 2.05) is 26.0 Å². The first-order valence-corrected chi connectivity index (χ1v) is 9.78. The molecular weight excluding hydrogens is 381 g/mol. The highest BCUT2D eigenvalue weighted by Gasteiger charge is 2.50. The molecule has 1 aliphatic rings. The molecule has 0 unspecified atom stereocenters. The van der Waals surface area contributed by atoms with E-state index in [4.69, 9.17) is 0 Å². The van der Waals surface area contributed by atoms with Gasteiger partial charge in [-0.15, -0.1) is 0 Å². The molecule has 1 atom stereocenters. The minimum Gasteiger partial charge on any atom is -0.375 e. The number of carbonyl (C=O) groups is 2. The summed E-state index contributed by atoms with van der Waals surface area (Å²) in [7, 11) is 0. The Morgan fingerprint density at radius 1 is 1.03 bits per heavy atom. The lowest BCUT2D eigenvalue weighted by Crippen LogP contribution is -2.41. The number of aryl methyl sites for hydroxylation is 2. The second-order valence-electron chi connectivity index (χ2n) is 7.82. The number of ketones is 1. The summed E-state index contributed by atoms with van der Waals surface area (Å²) >= 11 is 0. The van der Waals surface area contributed by atoms with Gasteiger partial charge in [-0.3, -0.25) is 9.59 Å². The fourth-order valence-corrected chi connectivity index (χ4v) is 4.02. The van der Waals surface area contributed by atoms with Gasteiger partial charge in [-0.1, -0.05) is 48.0 Å². The number of anilines is 1. The molecule has 4 nitrogen and oxygen atoms in total. The highest BCUT2D eigenvalue weighted by Crippen LogP contribution is 2.43. The average Bonchev–Trinajstić information content (AvgIpc) is 2.92. The monoisotopic (exact) mass is 403 g/mol. The Kier molecular flexibility index (Phi) is 5.00. The molecule has 5 heteroatoms. The van der Waals surface area contributed by atoms with Crippen molar-refractivity contribution in [2.75, 3.05) is 4.90 Å². The van der Waals surface area contributed by atoms with E-state index in [1.165, 1.54) is 17.0 Å². The number of benzene rings is 3. The molecule has 152 valence electrons. The Morgan fingerprint density at radius 3 is 2.57 bits per heavy atom. The number of halogens is 1. The number of para-hydroxylation sites is 1. The topological polar surface area (TPSA) is 57.6 Å². The predicted molar refractivity (Wildman–Crippen MR) is 113 cm³/mol. The van der Waals surface area contributed by atoms with Gasteiger partial charge < -0.3 is 10.0 Å². The van der Waals surface area contributed by atoms with E-state index in [1.54, 1.807) is 42.5 Å². The van der Waals surface area contributed by atoms with Gasteiger partial charge >= 0.3 is 0 Å². The summed E-state index contributed by atoms with van der Waals surface area (Å²) < 4.78 is 13.6. The fraction of sp³-hybridized carbons (Fsp3) is 0.200. The average molecular weight is 403 g/mol. The minimum absolute atomic E-state index is 0.105. The van der Waals surface area contributed by atoms with Gasteiger partial charge in [-0.25, -0.2) is 4.39 Å². The molecule has 0 saturated heterocycles. The molecule has 3 aromatic carbocycles. The SMILES string of the molecule is Cc1ccc(C)c(C(=O)C[C@@]2(O)C(=O)N(Cc3cccc(F)c3)c3ccccc32)c1. The van der Waals surface area contributed by atoms with Crippen LogP contribution in [0.3, 0.4) is 0 Å². The summed E-state index contributed by atoms with van der Waals surface area (Å²) in [5.41, 5.74) is 1.79. The van der Waals surface area contributed by atoms with Crippen molar-refractivity contribution in [1.82, 2.24) is 0 Å². The van der Waals surface area contributed by atoms with E-state index < -0.39 is 17.3 Å². The van der Waals surface area contributed by atoms with E-state index in [0.717, 1.165) is 11.1 Å². The van der Waals surface area contributed by atoms with Crippen LogP contribution < -0.4 is 4.90 Å². The van der Waals surface area contributed by atoms with Gasteiger partial charge in [0.2, 0.25) is 0 Å². The second-order valence-corrected chi connectivity index (χ2v) is 7.82. The zero-order valence-corrected chi connectivity index (χ0v) is 16.9. The number of hydrogen-bond donors (Lipinski definition) is 1. The molecule has 4 rings (SSSR count). The lowest BCUT2D eigenvalue weighted by atomic mass is 9.87. The van der Waals surface area contributed by atoms with Crippen molar-refractivity contribution >= 4 is 17.4 Å². The lowest BCUT2D eigenvalue weighted by Gasteiger charge is -2.23. The molecule has 0 aromatic heterocycles. The molecule has 0 aliphatic carbocycles. The van der Waals surface area contributed by atoms with Crippen molar-refractivity contribution in [1.29, 1.82) is 0 Å². The van der Waals surface area contributed by atoms with Crippen LogP contribution in [0.25, 0.3) is 0 Å². The molecule has 1 amide bonds. The first kappa shape index (κ1) is 20.0. The van der Waals surface area contributed by atoms with E-state index in [0.29, 0.717) is 22.4 Å². The summed E-state index contributed by atoms with van der Waals surface area (Å²) in [6.07, 6.45) is -0.354. The van der Waals surface area contributed by atoms with Gasteiger partial charge in [0, 0.05) is 11.1 Å². The second kappa shape index (κ2) is 7.50. The van der Waals surface area contributed by atoms with Gasteiger partial charge in [-0.05, 0) is 49.2 Å². The van der Waals surface area contributed by atoms with E-state index in [9.17, 15) is 19.1 Å². The maximum absolute atomic E-state index is 13.6. The number of Topliss-reactive ketones (excluding diaryl/α,β-unsaturated/α-hetero) is 1. The Bertz CT molecular complexity index is 1160. The molecule has 30 heavy (non-hydrogen) atoms. The van der Waals surface area contributed by atoms with Crippen molar-refractivity contribution in [3.05, 3.63) is 100 Å². The smallest absolute Gasteiger partial charge is 0.264 e. The van der Waals surface area contributed by atoms with Gasteiger partial charge in [0.1, 0.15) is 5.82 Å². The quantitative estimate of drug-likeness (QED) is 0.641. The molecule has 0 saturated carbocycles. The van der Waals surface area contributed by atoms with Crippen LogP contribution in [-0.4, -0.2) is 16.8 Å². The standard InChI is InChI=1S/C25H22FNO3/c1-16-10-11-17(2)20(12-16)23(28)14-25(30)21-8-3-4-9-22(21)27(24(25)29)15-18-6-5-7-19(26)13-18/h3-13,30H,14-15H2,1-2H3/t25-/m0/s1. The Labute approximate surface area is 174 Å². The molecule has 0 fully saturated rings. The molecule has 3 aromatic rings. The van der Waals surface area contributed by atoms with Crippen molar-refractivity contribution in [3.8, 4) is 0 Å². The molecule has 1 aliphatic heterocycles. The molecular formula is C25H22FNO3. The van der Waals surface area contributed by atoms with E-state index >= 15 is 0 Å². The van der Waals surface area contributed by atoms with Crippen LogP contribution in [0.2, 0.25) is 0 Å². The predicted octanol–water partition coefficient (Wildman–Crippen LogP) is 4.45. The highest BCUT2D eigenvalue weighted by atomic mass is 19.1. The number of amides is 1. The maximum atomic E-state index is 13.6. The summed E-state index contributed by atoms with van der Waals surface area (Å²) in [4.78, 5) is 27.8. The molecule has 0 radical (unpaired) electrons. The Morgan fingerprint density at radius 2 is 1.80 bits per heavy atom. The largest absolute Gasteiger partial charge is 0.375 e. The van der Waals surface area contributed by atoms with Crippen molar-refractivity contribution in [2.24, 2.45) is 0 Å². The summed E-state index contributed by atoms with van der Waals surface area (Å²) in [6, 6.07) is 18.4. The highest BCUT2D eigenvalue weighted by molar-refractivity contribution is 6.11. The molecule has 1 N–H and O–H groups in total. The number of fused-ring (bicyclic) bond motifs is 1. The summed E-state index contributed by atoms with van der Waals surface area (Å²) in [6.45, 7) is 3.83. The third kappa shape index (κ3) is 3.42. The van der Waals surface area contributed by atoms with Crippen LogP contribution in [0.5, 0.6) is 0 Å². The van der Waals surface area contributed by atoms with Crippen LogP contribution in [0, 0.1) is 19.7 Å². The summed E-state index contributed by atoms with van der Waals surface area (Å²) in [5.74, 6) is -1.27. The third-order valence-corrected chi connectivity index (χ3v) is 5.58. The molecule has 1 heterocycles.